The minimum absolute atomic E-state index is 0.156. The van der Waals surface area contributed by atoms with E-state index in [2.05, 4.69) is 0 Å². The first-order valence-electron chi connectivity index (χ1n) is 4.91. The lowest BCUT2D eigenvalue weighted by Gasteiger charge is -2.12. The van der Waals surface area contributed by atoms with Gasteiger partial charge in [-0.2, -0.15) is 0 Å². The summed E-state index contributed by atoms with van der Waals surface area (Å²) in [6, 6.07) is 0. The lowest BCUT2D eigenvalue weighted by molar-refractivity contribution is 0.245. The Balaban J connectivity index is 2.66. The van der Waals surface area contributed by atoms with E-state index in [9.17, 15) is 4.39 Å². The average Bonchev–Trinajstić information content (AvgIpc) is 2.34. The van der Waals surface area contributed by atoms with Gasteiger partial charge in [-0.1, -0.05) is 25.2 Å². The molecular formula is C11H17FO. The Kier molecular flexibility index (Phi) is 4.16. The number of aliphatic hydroxyl groups excluding tert-OH is 1. The molecule has 0 aromatic carbocycles. The second-order valence-corrected chi connectivity index (χ2v) is 3.44. The smallest absolute Gasteiger partial charge is 0.119 e. The Hall–Kier alpha value is -0.630. The summed E-state index contributed by atoms with van der Waals surface area (Å²) in [4.78, 5) is 0. The van der Waals surface area contributed by atoms with Crippen LogP contribution in [-0.4, -0.2) is 17.9 Å². The van der Waals surface area contributed by atoms with E-state index >= 15 is 0 Å². The van der Waals surface area contributed by atoms with Gasteiger partial charge in [0.1, 0.15) is 6.17 Å². The molecule has 2 unspecified atom stereocenters. The molecule has 1 aliphatic rings. The molecule has 1 rings (SSSR count). The quantitative estimate of drug-likeness (QED) is 0.714. The maximum Gasteiger partial charge on any atom is 0.119 e. The molecule has 0 aromatic rings. The van der Waals surface area contributed by atoms with Crippen LogP contribution in [0.3, 0.4) is 0 Å². The molecule has 1 N–H and O–H groups in total. The van der Waals surface area contributed by atoms with Crippen LogP contribution in [0.2, 0.25) is 0 Å². The van der Waals surface area contributed by atoms with Crippen molar-refractivity contribution >= 4 is 0 Å². The van der Waals surface area contributed by atoms with E-state index in [1.54, 1.807) is 6.08 Å². The van der Waals surface area contributed by atoms with Gasteiger partial charge in [-0.05, 0) is 24.8 Å². The minimum Gasteiger partial charge on any atom is -0.396 e. The number of alkyl halides is 1. The number of aliphatic hydroxyl groups is 1. The molecule has 13 heavy (non-hydrogen) atoms. The number of hydrogen-bond donors (Lipinski definition) is 1. The van der Waals surface area contributed by atoms with Crippen LogP contribution in [0.15, 0.2) is 23.8 Å². The first kappa shape index (κ1) is 10.5. The van der Waals surface area contributed by atoms with Crippen molar-refractivity contribution < 1.29 is 9.50 Å². The van der Waals surface area contributed by atoms with E-state index in [1.807, 2.05) is 19.1 Å². The predicted molar refractivity (Wildman–Crippen MR) is 52.2 cm³/mol. The van der Waals surface area contributed by atoms with E-state index in [-0.39, 0.29) is 12.5 Å². The first-order chi connectivity index (χ1) is 6.27. The van der Waals surface area contributed by atoms with Crippen molar-refractivity contribution in [2.75, 3.05) is 6.61 Å². The van der Waals surface area contributed by atoms with Crippen molar-refractivity contribution in [2.24, 2.45) is 5.92 Å². The van der Waals surface area contributed by atoms with Crippen molar-refractivity contribution in [2.45, 2.75) is 32.4 Å². The van der Waals surface area contributed by atoms with Crippen LogP contribution in [0, 0.1) is 5.92 Å². The van der Waals surface area contributed by atoms with E-state index in [0.717, 1.165) is 18.4 Å². The van der Waals surface area contributed by atoms with Crippen molar-refractivity contribution in [1.82, 2.24) is 0 Å². The molecule has 0 radical (unpaired) electrons. The molecule has 0 heterocycles. The van der Waals surface area contributed by atoms with Gasteiger partial charge in [0.2, 0.25) is 0 Å². The molecule has 0 bridgehead atoms. The van der Waals surface area contributed by atoms with Gasteiger partial charge in [0.15, 0.2) is 0 Å². The van der Waals surface area contributed by atoms with Gasteiger partial charge >= 0.3 is 0 Å². The highest BCUT2D eigenvalue weighted by molar-refractivity contribution is 5.24. The Morgan fingerprint density at radius 1 is 1.69 bits per heavy atom. The molecule has 1 nitrogen and oxygen atoms in total. The van der Waals surface area contributed by atoms with Crippen LogP contribution < -0.4 is 0 Å². The molecule has 2 heteroatoms. The predicted octanol–water partition coefficient (Wildman–Crippen LogP) is 2.62. The van der Waals surface area contributed by atoms with Crippen molar-refractivity contribution in [3.8, 4) is 0 Å². The number of halogens is 1. The topological polar surface area (TPSA) is 20.2 Å². The Morgan fingerprint density at radius 3 is 3.08 bits per heavy atom. The van der Waals surface area contributed by atoms with E-state index in [1.165, 1.54) is 0 Å². The zero-order valence-electron chi connectivity index (χ0n) is 8.04. The maximum absolute atomic E-state index is 12.9. The van der Waals surface area contributed by atoms with Crippen LogP contribution in [0.25, 0.3) is 0 Å². The molecule has 0 saturated heterocycles. The van der Waals surface area contributed by atoms with Crippen LogP contribution in [0.5, 0.6) is 0 Å². The second-order valence-electron chi connectivity index (χ2n) is 3.44. The summed E-state index contributed by atoms with van der Waals surface area (Å²) in [5.41, 5.74) is 1.09. The van der Waals surface area contributed by atoms with E-state index in [4.69, 9.17) is 5.11 Å². The van der Waals surface area contributed by atoms with Gasteiger partial charge in [-0.25, -0.2) is 4.39 Å². The van der Waals surface area contributed by atoms with Crippen LogP contribution in [0.1, 0.15) is 26.2 Å². The first-order valence-corrected chi connectivity index (χ1v) is 4.91. The fourth-order valence-electron chi connectivity index (χ4n) is 1.56. The summed E-state index contributed by atoms with van der Waals surface area (Å²) in [5.74, 6) is 0.182. The van der Waals surface area contributed by atoms with Gasteiger partial charge in [0.25, 0.3) is 0 Å². The van der Waals surface area contributed by atoms with E-state index < -0.39 is 6.17 Å². The fraction of sp³-hybridized carbons (Fsp3) is 0.636. The zero-order valence-corrected chi connectivity index (χ0v) is 8.04. The van der Waals surface area contributed by atoms with E-state index in [0.29, 0.717) is 6.42 Å². The third kappa shape index (κ3) is 2.96. The Labute approximate surface area is 79.0 Å². The Morgan fingerprint density at radius 2 is 2.46 bits per heavy atom. The molecule has 0 aliphatic heterocycles. The molecule has 0 amide bonds. The van der Waals surface area contributed by atoms with Crippen LogP contribution >= 0.6 is 0 Å². The van der Waals surface area contributed by atoms with Crippen LogP contribution in [-0.2, 0) is 0 Å². The SMILES string of the molecule is CCC(CO)C1=CCCC(F)C=C1. The summed E-state index contributed by atoms with van der Waals surface area (Å²) in [7, 11) is 0. The highest BCUT2D eigenvalue weighted by atomic mass is 19.1. The van der Waals surface area contributed by atoms with Gasteiger partial charge < -0.3 is 5.11 Å². The molecule has 0 fully saturated rings. The van der Waals surface area contributed by atoms with Crippen molar-refractivity contribution in [3.63, 3.8) is 0 Å². The van der Waals surface area contributed by atoms with Crippen molar-refractivity contribution in [3.05, 3.63) is 23.8 Å². The van der Waals surface area contributed by atoms with Gasteiger partial charge in [-0.3, -0.25) is 0 Å². The zero-order chi connectivity index (χ0) is 9.68. The van der Waals surface area contributed by atoms with Gasteiger partial charge in [0.05, 0.1) is 0 Å². The summed E-state index contributed by atoms with van der Waals surface area (Å²) >= 11 is 0. The van der Waals surface area contributed by atoms with Gasteiger partial charge in [0, 0.05) is 12.5 Å². The molecule has 1 aliphatic carbocycles. The highest BCUT2D eigenvalue weighted by Crippen LogP contribution is 2.21. The highest BCUT2D eigenvalue weighted by Gasteiger charge is 2.12. The minimum atomic E-state index is -0.815. The molecule has 0 saturated carbocycles. The summed E-state index contributed by atoms with van der Waals surface area (Å²) in [6.45, 7) is 2.19. The monoisotopic (exact) mass is 184 g/mol. The number of allylic oxidation sites excluding steroid dienone is 3. The average molecular weight is 184 g/mol. The molecule has 0 aromatic heterocycles. The van der Waals surface area contributed by atoms with Crippen molar-refractivity contribution in [1.29, 1.82) is 0 Å². The fourth-order valence-corrected chi connectivity index (χ4v) is 1.56. The Bertz CT molecular complexity index is 204. The van der Waals surface area contributed by atoms with Gasteiger partial charge in [-0.15, -0.1) is 0 Å². The summed E-state index contributed by atoms with van der Waals surface area (Å²) in [6.07, 6.45) is 6.90. The number of hydrogen-bond acceptors (Lipinski definition) is 1. The van der Waals surface area contributed by atoms with Crippen LogP contribution in [0.4, 0.5) is 4.39 Å². The lowest BCUT2D eigenvalue weighted by atomic mass is 9.96. The third-order valence-corrected chi connectivity index (χ3v) is 2.50. The lowest BCUT2D eigenvalue weighted by Crippen LogP contribution is -2.06. The maximum atomic E-state index is 12.9. The summed E-state index contributed by atoms with van der Waals surface area (Å²) < 4.78 is 12.9. The summed E-state index contributed by atoms with van der Waals surface area (Å²) in [5, 5.41) is 9.07. The molecule has 2 atom stereocenters. The second kappa shape index (κ2) is 5.18. The molecule has 0 spiro atoms. The molecule has 74 valence electrons. The molecular weight excluding hydrogens is 167 g/mol. The number of rotatable bonds is 3. The third-order valence-electron chi connectivity index (χ3n) is 2.50. The normalized spacial score (nSPS) is 25.2. The largest absolute Gasteiger partial charge is 0.396 e. The standard InChI is InChI=1S/C11H17FO/c1-2-9(8-13)10-4-3-5-11(12)7-6-10/h4,6-7,9,11,13H,2-3,5,8H2,1H3.